The third kappa shape index (κ3) is 4.90. The van der Waals surface area contributed by atoms with Crippen LogP contribution in [0.3, 0.4) is 0 Å². The summed E-state index contributed by atoms with van der Waals surface area (Å²) in [5, 5.41) is 18.2. The highest BCUT2D eigenvalue weighted by Gasteiger charge is 2.26. The van der Waals surface area contributed by atoms with Gasteiger partial charge in [-0.1, -0.05) is 23.9 Å². The molecule has 2 aliphatic heterocycles. The molecule has 1 aromatic carbocycles. The third-order valence-corrected chi connectivity index (χ3v) is 6.47. The van der Waals surface area contributed by atoms with E-state index in [9.17, 15) is 19.7 Å². The molecule has 11 nitrogen and oxygen atoms in total. The van der Waals surface area contributed by atoms with Gasteiger partial charge in [0.05, 0.1) is 23.3 Å². The Morgan fingerprint density at radius 2 is 2.06 bits per heavy atom. The summed E-state index contributed by atoms with van der Waals surface area (Å²) in [5.41, 5.74) is 0.341. The summed E-state index contributed by atoms with van der Waals surface area (Å²) in [7, 11) is 0. The van der Waals surface area contributed by atoms with Crippen molar-refractivity contribution >= 4 is 29.0 Å². The molecule has 4 rings (SSSR count). The van der Waals surface area contributed by atoms with Crippen LogP contribution < -0.4 is 10.6 Å². The zero-order valence-corrected chi connectivity index (χ0v) is 17.8. The van der Waals surface area contributed by atoms with E-state index >= 15 is 0 Å². The molecule has 31 heavy (non-hydrogen) atoms. The van der Waals surface area contributed by atoms with Crippen molar-refractivity contribution in [3.05, 3.63) is 44.9 Å². The number of piperazine rings is 1. The fourth-order valence-electron chi connectivity index (χ4n) is 3.87. The fraction of sp³-hybridized carbons (Fsp3) is 0.526. The summed E-state index contributed by atoms with van der Waals surface area (Å²) in [4.78, 5) is 39.3. The number of hydrogen-bond acceptors (Lipinski definition) is 8. The zero-order valence-electron chi connectivity index (χ0n) is 16.9. The van der Waals surface area contributed by atoms with Crippen molar-refractivity contribution in [1.82, 2.24) is 19.7 Å². The summed E-state index contributed by atoms with van der Waals surface area (Å²) in [5.74, 6) is 0.118. The number of hydrogen-bond donors (Lipinski definition) is 1. The summed E-state index contributed by atoms with van der Waals surface area (Å²) < 4.78 is 7.12. The number of rotatable bonds is 7. The normalized spacial score (nSPS) is 19.0. The maximum Gasteiger partial charge on any atom is 0.344 e. The summed E-state index contributed by atoms with van der Waals surface area (Å²) in [6, 6.07) is 6.64. The second-order valence-corrected chi connectivity index (χ2v) is 8.40. The summed E-state index contributed by atoms with van der Waals surface area (Å²) in [6.07, 6.45) is 1.89. The van der Waals surface area contributed by atoms with Crippen LogP contribution in [0.1, 0.15) is 12.8 Å². The molecule has 166 valence electrons. The van der Waals surface area contributed by atoms with Gasteiger partial charge in [0, 0.05) is 38.9 Å². The van der Waals surface area contributed by atoms with Crippen LogP contribution in [0.25, 0.3) is 0 Å². The van der Waals surface area contributed by atoms with Crippen molar-refractivity contribution in [3.63, 3.8) is 0 Å². The number of nitro benzene ring substituents is 1. The van der Waals surface area contributed by atoms with Crippen molar-refractivity contribution in [2.24, 2.45) is 0 Å². The number of ether oxygens (including phenoxy) is 1. The lowest BCUT2D eigenvalue weighted by Gasteiger charge is -2.35. The van der Waals surface area contributed by atoms with Gasteiger partial charge in [-0.15, -0.1) is 5.10 Å². The van der Waals surface area contributed by atoms with Crippen molar-refractivity contribution in [2.45, 2.75) is 30.6 Å². The van der Waals surface area contributed by atoms with Gasteiger partial charge in [0.25, 0.3) is 5.69 Å². The van der Waals surface area contributed by atoms with Crippen molar-refractivity contribution in [2.75, 3.05) is 43.4 Å². The summed E-state index contributed by atoms with van der Waals surface area (Å²) in [6.45, 7) is 3.14. The lowest BCUT2D eigenvalue weighted by Crippen LogP contribution is -2.49. The molecule has 2 aromatic rings. The Kier molecular flexibility index (Phi) is 6.56. The fourth-order valence-corrected chi connectivity index (χ4v) is 4.73. The third-order valence-electron chi connectivity index (χ3n) is 5.51. The molecule has 0 spiro atoms. The predicted octanol–water partition coefficient (Wildman–Crippen LogP) is 1.10. The largest absolute Gasteiger partial charge is 0.376 e. The molecule has 0 radical (unpaired) electrons. The zero-order chi connectivity index (χ0) is 21.8. The first-order valence-corrected chi connectivity index (χ1v) is 11.2. The lowest BCUT2D eigenvalue weighted by molar-refractivity contribution is -0.384. The average Bonchev–Trinajstić information content (AvgIpc) is 3.43. The van der Waals surface area contributed by atoms with Gasteiger partial charge in [0.1, 0.15) is 5.69 Å². The van der Waals surface area contributed by atoms with Crippen molar-refractivity contribution < 1.29 is 14.5 Å². The van der Waals surface area contributed by atoms with E-state index in [1.54, 1.807) is 23.1 Å². The van der Waals surface area contributed by atoms with E-state index < -0.39 is 0 Å². The molecule has 0 saturated carbocycles. The Bertz CT molecular complexity index is 994. The SMILES string of the molecule is O=C(CSc1n[nH]c(=O)n1CC1CCCO1)N1CCN(c2ccccc2[N+](=O)[O-])CC1. The van der Waals surface area contributed by atoms with Gasteiger partial charge in [-0.05, 0) is 18.9 Å². The lowest BCUT2D eigenvalue weighted by atomic mass is 10.2. The Labute approximate surface area is 182 Å². The topological polar surface area (TPSA) is 127 Å². The molecule has 1 atom stereocenters. The first-order chi connectivity index (χ1) is 15.0. The highest BCUT2D eigenvalue weighted by molar-refractivity contribution is 7.99. The van der Waals surface area contributed by atoms with Crippen LogP contribution in [0.15, 0.2) is 34.2 Å². The maximum atomic E-state index is 12.7. The Hall–Kier alpha value is -2.86. The van der Waals surface area contributed by atoms with Gasteiger partial charge in [-0.3, -0.25) is 19.5 Å². The number of nitrogens with zero attached hydrogens (tertiary/aromatic N) is 5. The van der Waals surface area contributed by atoms with Crippen LogP contribution in [-0.4, -0.2) is 75.1 Å². The first kappa shape index (κ1) is 21.4. The monoisotopic (exact) mass is 448 g/mol. The number of thioether (sulfide) groups is 1. The number of H-pyrrole nitrogens is 1. The molecule has 1 N–H and O–H groups in total. The Morgan fingerprint density at radius 1 is 1.29 bits per heavy atom. The minimum absolute atomic E-state index is 0.000437. The molecule has 2 fully saturated rings. The van der Waals surface area contributed by atoms with E-state index in [0.29, 0.717) is 50.2 Å². The smallest absolute Gasteiger partial charge is 0.344 e. The molecule has 0 aliphatic carbocycles. The minimum atomic E-state index is -0.385. The first-order valence-electron chi connectivity index (χ1n) is 10.2. The van der Waals surface area contributed by atoms with Gasteiger partial charge in [-0.2, -0.15) is 0 Å². The number of nitro groups is 1. The highest BCUT2D eigenvalue weighted by Crippen LogP contribution is 2.28. The maximum absolute atomic E-state index is 12.7. The second kappa shape index (κ2) is 9.52. The van der Waals surface area contributed by atoms with E-state index in [0.717, 1.165) is 12.8 Å². The predicted molar refractivity (Wildman–Crippen MR) is 114 cm³/mol. The molecular formula is C19H24N6O5S. The molecule has 2 saturated heterocycles. The number of carbonyl (C=O) groups excluding carboxylic acids is 1. The molecule has 0 bridgehead atoms. The van der Waals surface area contributed by atoms with E-state index in [4.69, 9.17) is 4.74 Å². The van der Waals surface area contributed by atoms with Gasteiger partial charge >= 0.3 is 5.69 Å². The quantitative estimate of drug-likeness (QED) is 0.379. The van der Waals surface area contributed by atoms with Gasteiger partial charge in [0.15, 0.2) is 5.16 Å². The number of anilines is 1. The van der Waals surface area contributed by atoms with Crippen LogP contribution in [0, 0.1) is 10.1 Å². The number of aromatic nitrogens is 3. The van der Waals surface area contributed by atoms with Crippen LogP contribution >= 0.6 is 11.8 Å². The molecule has 2 aliphatic rings. The van der Waals surface area contributed by atoms with E-state index in [1.165, 1.54) is 22.4 Å². The average molecular weight is 449 g/mol. The number of aromatic amines is 1. The molecule has 3 heterocycles. The standard InChI is InChI=1S/C19H24N6O5S/c26-17(13-31-19-21-20-18(27)24(19)12-14-4-3-11-30-14)23-9-7-22(8-10-23)15-5-1-2-6-16(15)25(28)29/h1-2,5-6,14H,3-4,7-13H2,(H,20,27). The molecule has 12 heteroatoms. The van der Waals surface area contributed by atoms with Crippen LogP contribution in [0.4, 0.5) is 11.4 Å². The second-order valence-electron chi connectivity index (χ2n) is 7.46. The van der Waals surface area contributed by atoms with Gasteiger partial charge < -0.3 is 14.5 Å². The van der Waals surface area contributed by atoms with E-state index in [1.807, 2.05) is 4.90 Å². The van der Waals surface area contributed by atoms with Crippen molar-refractivity contribution in [1.29, 1.82) is 0 Å². The molecular weight excluding hydrogens is 424 g/mol. The van der Waals surface area contributed by atoms with Crippen LogP contribution in [0.5, 0.6) is 0 Å². The Morgan fingerprint density at radius 3 is 2.77 bits per heavy atom. The number of para-hydroxylation sites is 2. The molecule has 1 unspecified atom stereocenters. The van der Waals surface area contributed by atoms with Crippen LogP contribution in [-0.2, 0) is 16.1 Å². The summed E-state index contributed by atoms with van der Waals surface area (Å²) >= 11 is 1.23. The minimum Gasteiger partial charge on any atom is -0.376 e. The van der Waals surface area contributed by atoms with E-state index in [-0.39, 0.29) is 34.1 Å². The van der Waals surface area contributed by atoms with Gasteiger partial charge in [-0.25, -0.2) is 9.89 Å². The number of benzene rings is 1. The van der Waals surface area contributed by atoms with Crippen LogP contribution in [0.2, 0.25) is 0 Å². The molecule has 1 aromatic heterocycles. The Balaban J connectivity index is 1.31. The number of nitrogens with one attached hydrogen (secondary N) is 1. The highest BCUT2D eigenvalue weighted by atomic mass is 32.2. The van der Waals surface area contributed by atoms with Crippen molar-refractivity contribution in [3.8, 4) is 0 Å². The van der Waals surface area contributed by atoms with Gasteiger partial charge in [0.2, 0.25) is 5.91 Å². The molecule has 1 amide bonds. The number of carbonyl (C=O) groups is 1. The number of amides is 1. The van der Waals surface area contributed by atoms with E-state index in [2.05, 4.69) is 10.2 Å².